The van der Waals surface area contributed by atoms with Gasteiger partial charge in [-0.15, -0.1) is 0 Å². The molecular formula is C25H35I. The predicted octanol–water partition coefficient (Wildman–Crippen LogP) is 7.67. The summed E-state index contributed by atoms with van der Waals surface area (Å²) in [4.78, 5) is 0. The molecule has 0 aromatic heterocycles. The zero-order valence-corrected chi connectivity index (χ0v) is 18.5. The average Bonchev–Trinajstić information content (AvgIpc) is 2.69. The van der Waals surface area contributed by atoms with Gasteiger partial charge in [0.05, 0.1) is 0 Å². The number of allylic oxidation sites excluding steroid dienone is 8. The van der Waals surface area contributed by atoms with Gasteiger partial charge in [-0.1, -0.05) is 77.6 Å². The van der Waals surface area contributed by atoms with Crippen LogP contribution in [0.4, 0.5) is 0 Å². The maximum atomic E-state index is 2.74. The van der Waals surface area contributed by atoms with Crippen LogP contribution < -0.4 is 0 Å². The summed E-state index contributed by atoms with van der Waals surface area (Å²) in [5.41, 5.74) is 1.81. The summed E-state index contributed by atoms with van der Waals surface area (Å²) in [7, 11) is 0. The van der Waals surface area contributed by atoms with Crippen molar-refractivity contribution in [2.75, 3.05) is 0 Å². The van der Waals surface area contributed by atoms with Crippen molar-refractivity contribution in [3.05, 3.63) is 48.1 Å². The van der Waals surface area contributed by atoms with E-state index in [0.717, 1.165) is 39.4 Å². The molecule has 0 aliphatic heterocycles. The molecule has 0 saturated heterocycles. The van der Waals surface area contributed by atoms with Crippen LogP contribution in [0.2, 0.25) is 0 Å². The van der Waals surface area contributed by atoms with Crippen molar-refractivity contribution < 1.29 is 0 Å². The van der Waals surface area contributed by atoms with Crippen molar-refractivity contribution in [3.8, 4) is 0 Å². The number of hydrogen-bond donors (Lipinski definition) is 0. The van der Waals surface area contributed by atoms with Gasteiger partial charge in [0.1, 0.15) is 0 Å². The molecule has 142 valence electrons. The summed E-state index contributed by atoms with van der Waals surface area (Å²) in [5.74, 6) is 4.83. The highest BCUT2D eigenvalue weighted by Gasteiger charge is 2.30. The van der Waals surface area contributed by atoms with E-state index in [1.807, 2.05) is 5.57 Å². The van der Waals surface area contributed by atoms with Gasteiger partial charge in [0, 0.05) is 3.92 Å². The fourth-order valence-corrected chi connectivity index (χ4v) is 6.30. The lowest BCUT2D eigenvalue weighted by Crippen LogP contribution is -2.24. The molecular weight excluding hydrogens is 427 g/mol. The van der Waals surface area contributed by atoms with E-state index in [-0.39, 0.29) is 0 Å². The molecule has 1 heteroatoms. The third-order valence-corrected chi connectivity index (χ3v) is 8.44. The smallest absolute Gasteiger partial charge is 0.0289 e. The fourth-order valence-electron chi connectivity index (χ4n) is 5.70. The molecule has 7 unspecified atom stereocenters. The summed E-state index contributed by atoms with van der Waals surface area (Å²) in [6.45, 7) is 2.36. The van der Waals surface area contributed by atoms with E-state index >= 15 is 0 Å². The number of alkyl halides is 1. The van der Waals surface area contributed by atoms with Crippen LogP contribution in [0.25, 0.3) is 0 Å². The lowest BCUT2D eigenvalue weighted by atomic mass is 9.69. The molecule has 4 aliphatic rings. The third-order valence-electron chi connectivity index (χ3n) is 7.40. The third kappa shape index (κ3) is 4.56. The lowest BCUT2D eigenvalue weighted by molar-refractivity contribution is 0.313. The Morgan fingerprint density at radius 1 is 0.808 bits per heavy atom. The van der Waals surface area contributed by atoms with Crippen molar-refractivity contribution in [2.45, 2.75) is 68.6 Å². The largest absolute Gasteiger partial charge is 0.0876 e. The second kappa shape index (κ2) is 8.80. The zero-order chi connectivity index (χ0) is 17.9. The molecule has 0 radical (unpaired) electrons. The van der Waals surface area contributed by atoms with Crippen molar-refractivity contribution >= 4 is 22.6 Å². The quantitative estimate of drug-likeness (QED) is 0.229. The highest BCUT2D eigenvalue weighted by atomic mass is 127. The Bertz CT molecular complexity index is 595. The monoisotopic (exact) mass is 462 g/mol. The molecule has 4 rings (SSSR count). The molecule has 0 aromatic carbocycles. The van der Waals surface area contributed by atoms with E-state index in [9.17, 15) is 0 Å². The van der Waals surface area contributed by atoms with Gasteiger partial charge in [-0.05, 0) is 93.3 Å². The standard InChI is InChI=1S/C25H35I/c1-18-8-10-19(11-9-18)21-4-2-6-23(16-21)24-7-3-5-22(17-24)20-12-14-25(26)15-13-20/h2,4,8,10,12,14,17-23,25H,3,5-7,9,11,13,15-16H2,1H3. The van der Waals surface area contributed by atoms with Gasteiger partial charge >= 0.3 is 0 Å². The fraction of sp³-hybridized carbons (Fsp3) is 0.680. The van der Waals surface area contributed by atoms with Gasteiger partial charge in [0.15, 0.2) is 0 Å². The molecule has 0 saturated carbocycles. The molecule has 0 amide bonds. The number of halogens is 1. The normalized spacial score (nSPS) is 43.3. The van der Waals surface area contributed by atoms with Gasteiger partial charge in [0.25, 0.3) is 0 Å². The second-order valence-electron chi connectivity index (χ2n) is 9.30. The topological polar surface area (TPSA) is 0 Å². The van der Waals surface area contributed by atoms with E-state index in [4.69, 9.17) is 0 Å². The van der Waals surface area contributed by atoms with Crippen molar-refractivity contribution in [3.63, 3.8) is 0 Å². The molecule has 0 fully saturated rings. The minimum atomic E-state index is 0.770. The Balaban J connectivity index is 1.42. The van der Waals surface area contributed by atoms with E-state index < -0.39 is 0 Å². The van der Waals surface area contributed by atoms with Crippen molar-refractivity contribution in [1.29, 1.82) is 0 Å². The average molecular weight is 462 g/mol. The summed E-state index contributed by atoms with van der Waals surface area (Å²) in [6.07, 6.45) is 30.3. The van der Waals surface area contributed by atoms with Crippen LogP contribution in [0, 0.1) is 35.5 Å². The van der Waals surface area contributed by atoms with Crippen LogP contribution in [-0.4, -0.2) is 3.92 Å². The van der Waals surface area contributed by atoms with Gasteiger partial charge in [-0.3, -0.25) is 0 Å². The minimum Gasteiger partial charge on any atom is -0.0876 e. The van der Waals surface area contributed by atoms with Gasteiger partial charge in [0.2, 0.25) is 0 Å². The van der Waals surface area contributed by atoms with Crippen molar-refractivity contribution in [2.24, 2.45) is 35.5 Å². The Labute approximate surface area is 174 Å². The maximum absolute atomic E-state index is 2.74. The first-order valence-corrected chi connectivity index (χ1v) is 12.3. The van der Waals surface area contributed by atoms with E-state index in [1.54, 1.807) is 0 Å². The molecule has 0 aromatic rings. The van der Waals surface area contributed by atoms with Gasteiger partial charge in [-0.25, -0.2) is 0 Å². The minimum absolute atomic E-state index is 0.770. The molecule has 0 N–H and O–H groups in total. The highest BCUT2D eigenvalue weighted by Crippen LogP contribution is 2.42. The molecule has 7 atom stereocenters. The Morgan fingerprint density at radius 3 is 2.38 bits per heavy atom. The second-order valence-corrected chi connectivity index (χ2v) is 10.9. The maximum Gasteiger partial charge on any atom is 0.0289 e. The number of hydrogen-bond acceptors (Lipinski definition) is 0. The van der Waals surface area contributed by atoms with Crippen LogP contribution in [0.5, 0.6) is 0 Å². The Kier molecular flexibility index (Phi) is 6.44. The molecule has 0 bridgehead atoms. The number of rotatable bonds is 3. The molecule has 0 heterocycles. The Hall–Kier alpha value is -0.310. The van der Waals surface area contributed by atoms with Crippen LogP contribution >= 0.6 is 22.6 Å². The first-order chi connectivity index (χ1) is 12.7. The molecule has 0 spiro atoms. The predicted molar refractivity (Wildman–Crippen MR) is 121 cm³/mol. The van der Waals surface area contributed by atoms with Crippen LogP contribution in [0.3, 0.4) is 0 Å². The van der Waals surface area contributed by atoms with Gasteiger partial charge in [-0.2, -0.15) is 0 Å². The van der Waals surface area contributed by atoms with Crippen LogP contribution in [0.1, 0.15) is 64.7 Å². The van der Waals surface area contributed by atoms with Crippen LogP contribution in [0.15, 0.2) is 48.1 Å². The Morgan fingerprint density at radius 2 is 1.62 bits per heavy atom. The van der Waals surface area contributed by atoms with Gasteiger partial charge < -0.3 is 0 Å². The lowest BCUT2D eigenvalue weighted by Gasteiger charge is -2.36. The van der Waals surface area contributed by atoms with E-state index in [0.29, 0.717) is 0 Å². The van der Waals surface area contributed by atoms with E-state index in [2.05, 4.69) is 72.0 Å². The SMILES string of the molecule is CC1C=CC(C2C=CCC(C3=CC(C4C=CC(I)CC4)CCC3)C2)CC1. The van der Waals surface area contributed by atoms with E-state index in [1.165, 1.54) is 57.8 Å². The first kappa shape index (κ1) is 19.0. The van der Waals surface area contributed by atoms with Crippen molar-refractivity contribution in [1.82, 2.24) is 0 Å². The highest BCUT2D eigenvalue weighted by molar-refractivity contribution is 14.1. The van der Waals surface area contributed by atoms with Crippen LogP contribution in [-0.2, 0) is 0 Å². The summed E-state index contributed by atoms with van der Waals surface area (Å²) in [6, 6.07) is 0. The summed E-state index contributed by atoms with van der Waals surface area (Å²) < 4.78 is 0.770. The first-order valence-electron chi connectivity index (χ1n) is 11.1. The molecule has 26 heavy (non-hydrogen) atoms. The molecule has 4 aliphatic carbocycles. The molecule has 0 nitrogen and oxygen atoms in total. The summed E-state index contributed by atoms with van der Waals surface area (Å²) >= 11 is 2.59. The summed E-state index contributed by atoms with van der Waals surface area (Å²) in [5, 5.41) is 0. The zero-order valence-electron chi connectivity index (χ0n) is 16.3.